The summed E-state index contributed by atoms with van der Waals surface area (Å²) in [6.07, 6.45) is 3.89. The average molecular weight is 507 g/mol. The maximum atomic E-state index is 14.1. The minimum Gasteiger partial charge on any atom is -0.497 e. The van der Waals surface area contributed by atoms with E-state index in [1.165, 1.54) is 12.1 Å². The van der Waals surface area contributed by atoms with Crippen LogP contribution in [0.3, 0.4) is 0 Å². The fourth-order valence-corrected chi connectivity index (χ4v) is 5.43. The maximum Gasteiger partial charge on any atom is 0.329 e. The highest BCUT2D eigenvalue weighted by Gasteiger charge is 2.60. The maximum absolute atomic E-state index is 14.1. The summed E-state index contributed by atoms with van der Waals surface area (Å²) in [5, 5.41) is 2.84. The summed E-state index contributed by atoms with van der Waals surface area (Å²) in [6.45, 7) is 0. The summed E-state index contributed by atoms with van der Waals surface area (Å²) >= 11 is 0. The number of amides is 2. The molecule has 2 N–H and O–H groups in total. The van der Waals surface area contributed by atoms with Gasteiger partial charge >= 0.3 is 6.03 Å². The minimum atomic E-state index is -4.43. The molecular weight excluding hydrogens is 483 g/mol. The second-order valence-electron chi connectivity index (χ2n) is 8.45. The number of imidazole rings is 1. The SMILES string of the molecule is COc1ccc(-n2ccnc2[C@]2(NC(=O)NS(=O)(=O)c3ccccc3F)CC2c2ccccc2)cc1. The van der Waals surface area contributed by atoms with Crippen molar-refractivity contribution in [2.75, 3.05) is 7.11 Å². The smallest absolute Gasteiger partial charge is 0.329 e. The van der Waals surface area contributed by atoms with Gasteiger partial charge in [0.2, 0.25) is 0 Å². The summed E-state index contributed by atoms with van der Waals surface area (Å²) in [4.78, 5) is 17.0. The Morgan fingerprint density at radius 3 is 2.44 bits per heavy atom. The largest absolute Gasteiger partial charge is 0.497 e. The van der Waals surface area contributed by atoms with E-state index in [1.807, 2.05) is 63.9 Å². The molecule has 1 saturated carbocycles. The van der Waals surface area contributed by atoms with Gasteiger partial charge in [0.1, 0.15) is 27.8 Å². The van der Waals surface area contributed by atoms with Crippen LogP contribution in [-0.2, 0) is 15.6 Å². The summed E-state index contributed by atoms with van der Waals surface area (Å²) in [6, 6.07) is 20.8. The second-order valence-corrected chi connectivity index (χ2v) is 10.1. The van der Waals surface area contributed by atoms with Crippen molar-refractivity contribution in [3.05, 3.63) is 108 Å². The molecule has 4 aromatic rings. The molecular formula is C26H23FN4O4S. The first-order valence-electron chi connectivity index (χ1n) is 11.2. The molecule has 1 aromatic heterocycles. The molecule has 0 bridgehead atoms. The number of carbonyl (C=O) groups is 1. The lowest BCUT2D eigenvalue weighted by molar-refractivity contribution is 0.239. The van der Waals surface area contributed by atoms with Gasteiger partial charge in [0.15, 0.2) is 0 Å². The van der Waals surface area contributed by atoms with Crippen molar-refractivity contribution >= 4 is 16.1 Å². The number of rotatable bonds is 7. The highest BCUT2D eigenvalue weighted by Crippen LogP contribution is 2.58. The van der Waals surface area contributed by atoms with Crippen molar-refractivity contribution in [3.63, 3.8) is 0 Å². The molecule has 184 valence electrons. The Balaban J connectivity index is 1.49. The van der Waals surface area contributed by atoms with Gasteiger partial charge in [-0.15, -0.1) is 0 Å². The molecule has 1 aliphatic rings. The Morgan fingerprint density at radius 2 is 1.75 bits per heavy atom. The Labute approximate surface area is 207 Å². The van der Waals surface area contributed by atoms with Crippen molar-refractivity contribution in [1.29, 1.82) is 0 Å². The first-order chi connectivity index (χ1) is 17.3. The monoisotopic (exact) mass is 506 g/mol. The van der Waals surface area contributed by atoms with Gasteiger partial charge < -0.3 is 14.6 Å². The van der Waals surface area contributed by atoms with Crippen molar-refractivity contribution in [1.82, 2.24) is 19.6 Å². The number of urea groups is 1. The lowest BCUT2D eigenvalue weighted by atomic mass is 10.1. The molecule has 10 heteroatoms. The molecule has 2 atom stereocenters. The van der Waals surface area contributed by atoms with E-state index in [4.69, 9.17) is 4.74 Å². The Bertz CT molecular complexity index is 1510. The Morgan fingerprint density at radius 1 is 1.06 bits per heavy atom. The lowest BCUT2D eigenvalue weighted by Gasteiger charge is -2.21. The van der Waals surface area contributed by atoms with Crippen LogP contribution in [0.2, 0.25) is 0 Å². The molecule has 5 rings (SSSR count). The third-order valence-corrected chi connectivity index (χ3v) is 7.61. The fraction of sp³-hybridized carbons (Fsp3) is 0.154. The third-order valence-electron chi connectivity index (χ3n) is 6.24. The highest BCUT2D eigenvalue weighted by atomic mass is 32.2. The molecule has 3 aromatic carbocycles. The predicted molar refractivity (Wildman–Crippen MR) is 131 cm³/mol. The minimum absolute atomic E-state index is 0.153. The molecule has 0 radical (unpaired) electrons. The second kappa shape index (κ2) is 9.12. The normalized spacial score (nSPS) is 18.9. The number of halogens is 1. The van der Waals surface area contributed by atoms with Gasteiger partial charge in [-0.3, -0.25) is 0 Å². The number of hydrogen-bond acceptors (Lipinski definition) is 5. The standard InChI is InChI=1S/C26H23FN4O4S/c1-35-20-13-11-19(12-14-20)31-16-15-28-24(31)26(17-21(26)18-7-3-2-4-8-18)29-25(32)30-36(33,34)23-10-6-5-9-22(23)27/h2-16,21H,17H2,1H3,(H2,29,30,32)/t21?,26-/m0/s1. The van der Waals surface area contributed by atoms with E-state index in [2.05, 4.69) is 10.3 Å². The number of hydrogen-bond donors (Lipinski definition) is 2. The van der Waals surface area contributed by atoms with Crippen LogP contribution in [0.25, 0.3) is 5.69 Å². The van der Waals surface area contributed by atoms with Crippen LogP contribution in [0.5, 0.6) is 5.75 Å². The first kappa shape index (κ1) is 23.6. The number of benzene rings is 3. The number of nitrogens with zero attached hydrogens (tertiary/aromatic N) is 2. The quantitative estimate of drug-likeness (QED) is 0.393. The molecule has 8 nitrogen and oxygen atoms in total. The molecule has 1 unspecified atom stereocenters. The van der Waals surface area contributed by atoms with Crippen LogP contribution in [0.4, 0.5) is 9.18 Å². The van der Waals surface area contributed by atoms with Gasteiger partial charge in [-0.2, -0.15) is 0 Å². The average Bonchev–Trinajstić information content (AvgIpc) is 3.37. The van der Waals surface area contributed by atoms with Crippen LogP contribution >= 0.6 is 0 Å². The number of carbonyl (C=O) groups excluding carboxylic acids is 1. The number of aromatic nitrogens is 2. The van der Waals surface area contributed by atoms with Crippen molar-refractivity contribution in [2.24, 2.45) is 0 Å². The molecule has 0 aliphatic heterocycles. The van der Waals surface area contributed by atoms with E-state index in [9.17, 15) is 17.6 Å². The summed E-state index contributed by atoms with van der Waals surface area (Å²) in [7, 11) is -2.85. The first-order valence-corrected chi connectivity index (χ1v) is 12.6. The van der Waals surface area contributed by atoms with Gasteiger partial charge in [-0.25, -0.2) is 27.3 Å². The van der Waals surface area contributed by atoms with Crippen LogP contribution in [0.1, 0.15) is 23.7 Å². The van der Waals surface area contributed by atoms with E-state index in [0.717, 1.165) is 23.4 Å². The number of sulfonamides is 1. The zero-order valence-electron chi connectivity index (χ0n) is 19.3. The van der Waals surface area contributed by atoms with Gasteiger partial charge in [-0.1, -0.05) is 42.5 Å². The van der Waals surface area contributed by atoms with Crippen LogP contribution < -0.4 is 14.8 Å². The summed E-state index contributed by atoms with van der Waals surface area (Å²) in [5.74, 6) is 0.135. The lowest BCUT2D eigenvalue weighted by Crippen LogP contribution is -2.46. The molecule has 1 heterocycles. The molecule has 0 saturated heterocycles. The fourth-order valence-electron chi connectivity index (χ4n) is 4.44. The topological polar surface area (TPSA) is 102 Å². The van der Waals surface area contributed by atoms with Crippen LogP contribution in [0.15, 0.2) is 96.2 Å². The highest BCUT2D eigenvalue weighted by molar-refractivity contribution is 7.90. The van der Waals surface area contributed by atoms with Crippen LogP contribution in [0, 0.1) is 5.82 Å². The predicted octanol–water partition coefficient (Wildman–Crippen LogP) is 4.09. The van der Waals surface area contributed by atoms with E-state index >= 15 is 0 Å². The number of methoxy groups -OCH3 is 1. The van der Waals surface area contributed by atoms with E-state index in [0.29, 0.717) is 18.0 Å². The Kier molecular flexibility index (Phi) is 5.97. The van der Waals surface area contributed by atoms with Crippen LogP contribution in [-0.4, -0.2) is 31.1 Å². The third kappa shape index (κ3) is 4.31. The molecule has 36 heavy (non-hydrogen) atoms. The zero-order valence-corrected chi connectivity index (χ0v) is 20.1. The number of ether oxygens (including phenoxy) is 1. The van der Waals surface area contributed by atoms with E-state index < -0.39 is 32.3 Å². The zero-order chi connectivity index (χ0) is 25.3. The van der Waals surface area contributed by atoms with Crippen molar-refractivity contribution < 1.29 is 22.3 Å². The van der Waals surface area contributed by atoms with Gasteiger partial charge in [-0.05, 0) is 48.4 Å². The molecule has 1 aliphatic carbocycles. The van der Waals surface area contributed by atoms with Crippen molar-refractivity contribution in [2.45, 2.75) is 22.8 Å². The molecule has 0 spiro atoms. The van der Waals surface area contributed by atoms with E-state index in [1.54, 1.807) is 19.5 Å². The summed E-state index contributed by atoms with van der Waals surface area (Å²) in [5.41, 5.74) is 0.779. The van der Waals surface area contributed by atoms with Crippen molar-refractivity contribution in [3.8, 4) is 11.4 Å². The van der Waals surface area contributed by atoms with E-state index in [-0.39, 0.29) is 5.92 Å². The molecule has 2 amide bonds. The number of nitrogens with one attached hydrogen (secondary N) is 2. The summed E-state index contributed by atoms with van der Waals surface area (Å²) < 4.78 is 48.6. The molecule has 1 fully saturated rings. The van der Waals surface area contributed by atoms with Gasteiger partial charge in [0, 0.05) is 24.0 Å². The Hall–Kier alpha value is -4.18. The van der Waals surface area contributed by atoms with Gasteiger partial charge in [0.05, 0.1) is 7.11 Å². The van der Waals surface area contributed by atoms with Gasteiger partial charge in [0.25, 0.3) is 10.0 Å².